The highest BCUT2D eigenvalue weighted by molar-refractivity contribution is 7.49. The first-order valence-corrected chi connectivity index (χ1v) is 12.0. The van der Waals surface area contributed by atoms with Crippen LogP contribution in [0.5, 0.6) is 11.5 Å². The summed E-state index contributed by atoms with van der Waals surface area (Å²) < 4.78 is 37.9. The second-order valence-electron chi connectivity index (χ2n) is 7.57. The SMILES string of the molecule is Nc1ncnc2c1ncn2[C@H]1C[C@H](O)[C@@H](COP(=O)(Oc2ccccc2)Oc2ccccc2)O1. The number of benzene rings is 2. The Labute approximate surface area is 194 Å². The van der Waals surface area contributed by atoms with E-state index in [0.717, 1.165) is 0 Å². The largest absolute Gasteiger partial charge is 0.587 e. The van der Waals surface area contributed by atoms with Crippen LogP contribution in [-0.2, 0) is 13.8 Å². The van der Waals surface area contributed by atoms with E-state index < -0.39 is 26.3 Å². The van der Waals surface area contributed by atoms with Gasteiger partial charge in [0.25, 0.3) is 0 Å². The summed E-state index contributed by atoms with van der Waals surface area (Å²) in [6, 6.07) is 17.1. The van der Waals surface area contributed by atoms with Crippen LogP contribution in [0.3, 0.4) is 0 Å². The van der Waals surface area contributed by atoms with E-state index in [-0.39, 0.29) is 18.8 Å². The first-order valence-electron chi connectivity index (χ1n) is 10.5. The molecule has 0 amide bonds. The van der Waals surface area contributed by atoms with E-state index in [4.69, 9.17) is 24.0 Å². The molecular weight excluding hydrogens is 461 g/mol. The lowest BCUT2D eigenvalue weighted by atomic mass is 10.2. The molecule has 0 bridgehead atoms. The topological polar surface area (TPSA) is 144 Å². The maximum Gasteiger partial charge on any atom is 0.587 e. The number of nitrogen functional groups attached to an aromatic ring is 1. The smallest absolute Gasteiger partial charge is 0.395 e. The highest BCUT2D eigenvalue weighted by Crippen LogP contribution is 2.50. The summed E-state index contributed by atoms with van der Waals surface area (Å²) in [5, 5.41) is 10.6. The molecule has 3 atom stereocenters. The van der Waals surface area contributed by atoms with Crippen LogP contribution in [0, 0.1) is 0 Å². The molecule has 1 aliphatic heterocycles. The van der Waals surface area contributed by atoms with Gasteiger partial charge >= 0.3 is 7.82 Å². The molecular formula is C22H22N5O6P. The maximum atomic E-state index is 13.5. The van der Waals surface area contributed by atoms with Gasteiger partial charge in [-0.2, -0.15) is 0 Å². The number of nitrogens with two attached hydrogens (primary N) is 1. The molecule has 3 N–H and O–H groups in total. The summed E-state index contributed by atoms with van der Waals surface area (Å²) >= 11 is 0. The number of fused-ring (bicyclic) bond motifs is 1. The first kappa shape index (κ1) is 22.3. The van der Waals surface area contributed by atoms with Crippen molar-refractivity contribution in [3.8, 4) is 11.5 Å². The zero-order valence-corrected chi connectivity index (χ0v) is 18.8. The number of hydrogen-bond acceptors (Lipinski definition) is 10. The average Bonchev–Trinajstić information content (AvgIpc) is 3.43. The molecule has 176 valence electrons. The Hall–Kier alpha value is -3.50. The average molecular weight is 483 g/mol. The van der Waals surface area contributed by atoms with Gasteiger partial charge < -0.3 is 24.6 Å². The molecule has 3 heterocycles. The molecule has 1 fully saturated rings. The number of nitrogens with zero attached hydrogens (tertiary/aromatic N) is 4. The molecule has 0 aliphatic carbocycles. The standard InChI is InChI=1S/C22H22N5O6P/c23-21-20-22(25-13-24-21)27(14-26-20)19-11-17(28)18(31-19)12-30-34(29,32-15-7-3-1-4-8-15)33-16-9-5-2-6-10-16/h1-10,13-14,17-19,28H,11-12H2,(H2,23,24,25)/t17-,18+,19+/m0/s1. The van der Waals surface area contributed by atoms with Crippen LogP contribution in [0.15, 0.2) is 73.3 Å². The minimum atomic E-state index is -4.12. The molecule has 0 spiro atoms. The molecule has 0 radical (unpaired) electrons. The second kappa shape index (κ2) is 9.40. The van der Waals surface area contributed by atoms with Crippen LogP contribution < -0.4 is 14.8 Å². The van der Waals surface area contributed by atoms with Crippen LogP contribution in [0.4, 0.5) is 5.82 Å². The number of phosphoric ester groups is 1. The summed E-state index contributed by atoms with van der Waals surface area (Å²) in [5.41, 5.74) is 6.77. The Kier molecular flexibility index (Phi) is 6.16. The molecule has 34 heavy (non-hydrogen) atoms. The summed E-state index contributed by atoms with van der Waals surface area (Å²) in [6.07, 6.45) is 0.829. The van der Waals surface area contributed by atoms with Crippen LogP contribution in [0.1, 0.15) is 12.6 Å². The van der Waals surface area contributed by atoms with E-state index in [1.807, 2.05) is 0 Å². The summed E-state index contributed by atoms with van der Waals surface area (Å²) in [6.45, 7) is -0.238. The molecule has 12 heteroatoms. The van der Waals surface area contributed by atoms with Gasteiger partial charge in [0.1, 0.15) is 35.7 Å². The number of hydrogen-bond donors (Lipinski definition) is 2. The van der Waals surface area contributed by atoms with Gasteiger partial charge in [-0.1, -0.05) is 36.4 Å². The highest BCUT2D eigenvalue weighted by atomic mass is 31.2. The molecule has 0 unspecified atom stereocenters. The second-order valence-corrected chi connectivity index (χ2v) is 9.08. The van der Waals surface area contributed by atoms with Crippen molar-refractivity contribution in [3.05, 3.63) is 73.3 Å². The third kappa shape index (κ3) is 4.73. The minimum absolute atomic E-state index is 0.238. The minimum Gasteiger partial charge on any atom is -0.395 e. The Morgan fingerprint density at radius 1 is 1.03 bits per heavy atom. The van der Waals surface area contributed by atoms with E-state index in [9.17, 15) is 9.67 Å². The zero-order valence-electron chi connectivity index (χ0n) is 17.9. The van der Waals surface area contributed by atoms with Gasteiger partial charge in [0.2, 0.25) is 0 Å². The number of phosphoric acid groups is 1. The fourth-order valence-electron chi connectivity index (χ4n) is 3.57. The van der Waals surface area contributed by atoms with Gasteiger partial charge in [-0.05, 0) is 24.3 Å². The van der Waals surface area contributed by atoms with Crippen molar-refractivity contribution in [2.24, 2.45) is 0 Å². The predicted octanol–water partition coefficient (Wildman–Crippen LogP) is 3.34. The number of aliphatic hydroxyl groups is 1. The van der Waals surface area contributed by atoms with Gasteiger partial charge in [-0.25, -0.2) is 19.5 Å². The van der Waals surface area contributed by atoms with E-state index >= 15 is 0 Å². The molecule has 5 rings (SSSR count). The van der Waals surface area contributed by atoms with Gasteiger partial charge in [-0.15, -0.1) is 0 Å². The Morgan fingerprint density at radius 2 is 1.68 bits per heavy atom. The van der Waals surface area contributed by atoms with Crippen LogP contribution in [0.25, 0.3) is 11.2 Å². The van der Waals surface area contributed by atoms with E-state index in [2.05, 4.69) is 15.0 Å². The highest BCUT2D eigenvalue weighted by Gasteiger charge is 2.40. The van der Waals surface area contributed by atoms with E-state index in [0.29, 0.717) is 22.7 Å². The number of aromatic nitrogens is 4. The third-order valence-electron chi connectivity index (χ3n) is 5.22. The number of anilines is 1. The Balaban J connectivity index is 1.31. The van der Waals surface area contributed by atoms with Gasteiger partial charge in [0.15, 0.2) is 11.5 Å². The van der Waals surface area contributed by atoms with Crippen molar-refractivity contribution in [1.29, 1.82) is 0 Å². The van der Waals surface area contributed by atoms with Crippen LogP contribution in [0.2, 0.25) is 0 Å². The van der Waals surface area contributed by atoms with Crippen LogP contribution in [-0.4, -0.2) is 43.4 Å². The van der Waals surface area contributed by atoms with E-state index in [1.165, 1.54) is 12.7 Å². The van der Waals surface area contributed by atoms with E-state index in [1.54, 1.807) is 65.2 Å². The fraction of sp³-hybridized carbons (Fsp3) is 0.227. The summed E-state index contributed by atoms with van der Waals surface area (Å²) in [7, 11) is -4.12. The van der Waals surface area contributed by atoms with Gasteiger partial charge in [-0.3, -0.25) is 9.09 Å². The van der Waals surface area contributed by atoms with Crippen molar-refractivity contribution in [3.63, 3.8) is 0 Å². The fourth-order valence-corrected chi connectivity index (χ4v) is 4.81. The number of para-hydroxylation sites is 2. The normalized spacial score (nSPS) is 20.4. The molecule has 11 nitrogen and oxygen atoms in total. The lowest BCUT2D eigenvalue weighted by molar-refractivity contribution is -0.0416. The summed E-state index contributed by atoms with van der Waals surface area (Å²) in [4.78, 5) is 12.4. The molecule has 4 aromatic rings. The molecule has 2 aromatic heterocycles. The first-order chi connectivity index (χ1) is 16.5. The summed E-state index contributed by atoms with van der Waals surface area (Å²) in [5.74, 6) is 0.878. The van der Waals surface area contributed by atoms with Crippen molar-refractivity contribution in [1.82, 2.24) is 19.5 Å². The number of rotatable bonds is 8. The molecule has 1 saturated heterocycles. The lowest BCUT2D eigenvalue weighted by Gasteiger charge is -2.21. The molecule has 0 saturated carbocycles. The monoisotopic (exact) mass is 483 g/mol. The Bertz CT molecular complexity index is 1260. The van der Waals surface area contributed by atoms with Crippen LogP contribution >= 0.6 is 7.82 Å². The van der Waals surface area contributed by atoms with Crippen molar-refractivity contribution in [2.45, 2.75) is 24.9 Å². The van der Waals surface area contributed by atoms with Gasteiger partial charge in [0.05, 0.1) is 19.0 Å². The van der Waals surface area contributed by atoms with Crippen molar-refractivity contribution >= 4 is 24.8 Å². The zero-order chi connectivity index (χ0) is 23.5. The molecule has 2 aromatic carbocycles. The van der Waals surface area contributed by atoms with Crippen molar-refractivity contribution < 1.29 is 28.0 Å². The molecule has 1 aliphatic rings. The lowest BCUT2D eigenvalue weighted by Crippen LogP contribution is -2.26. The number of imidazole rings is 1. The third-order valence-corrected chi connectivity index (χ3v) is 6.55. The number of ether oxygens (including phenoxy) is 1. The maximum absolute atomic E-state index is 13.5. The predicted molar refractivity (Wildman–Crippen MR) is 122 cm³/mol. The van der Waals surface area contributed by atoms with Gasteiger partial charge in [0, 0.05) is 6.42 Å². The Morgan fingerprint density at radius 3 is 2.32 bits per heavy atom. The van der Waals surface area contributed by atoms with Crippen molar-refractivity contribution in [2.75, 3.05) is 12.3 Å². The number of aliphatic hydroxyl groups excluding tert-OH is 1. The quantitative estimate of drug-likeness (QED) is 0.358.